The Labute approximate surface area is 138 Å². The Kier molecular flexibility index (Phi) is 6.84. The van der Waals surface area contributed by atoms with Gasteiger partial charge in [-0.05, 0) is 19.3 Å². The van der Waals surface area contributed by atoms with Crippen molar-refractivity contribution in [2.24, 2.45) is 0 Å². The first-order chi connectivity index (χ1) is 11.1. The van der Waals surface area contributed by atoms with Crippen LogP contribution in [0.2, 0.25) is 0 Å². The molecule has 2 fully saturated rings. The fraction of sp³-hybridized carbons (Fsp3) is 0.882. The summed E-state index contributed by atoms with van der Waals surface area (Å²) in [6.07, 6.45) is 6.97. The number of amides is 1. The zero-order valence-corrected chi connectivity index (χ0v) is 14.2. The van der Waals surface area contributed by atoms with Crippen LogP contribution < -0.4 is 5.32 Å². The molecule has 0 aromatic heterocycles. The van der Waals surface area contributed by atoms with Crippen molar-refractivity contribution in [3.05, 3.63) is 0 Å². The van der Waals surface area contributed by atoms with Crippen LogP contribution in [0.1, 0.15) is 58.3 Å². The summed E-state index contributed by atoms with van der Waals surface area (Å²) in [5.41, 5.74) is -0.0956. The van der Waals surface area contributed by atoms with Crippen LogP contribution >= 0.6 is 0 Å². The van der Waals surface area contributed by atoms with Gasteiger partial charge in [-0.2, -0.15) is 0 Å². The van der Waals surface area contributed by atoms with E-state index in [9.17, 15) is 14.7 Å². The molecule has 0 radical (unpaired) electrons. The molecule has 1 atom stereocenters. The molecule has 1 saturated heterocycles. The number of aliphatic carboxylic acids is 1. The van der Waals surface area contributed by atoms with Gasteiger partial charge in [0, 0.05) is 25.0 Å². The maximum Gasteiger partial charge on any atom is 0.326 e. The molecule has 2 aliphatic rings. The Morgan fingerprint density at radius 2 is 1.91 bits per heavy atom. The fourth-order valence-electron chi connectivity index (χ4n) is 3.89. The zero-order chi connectivity index (χ0) is 16.7. The molecule has 132 valence electrons. The number of carbonyl (C=O) groups is 2. The summed E-state index contributed by atoms with van der Waals surface area (Å²) in [4.78, 5) is 26.2. The van der Waals surface area contributed by atoms with Gasteiger partial charge in [-0.3, -0.25) is 9.69 Å². The van der Waals surface area contributed by atoms with Crippen LogP contribution in [0, 0.1) is 0 Å². The largest absolute Gasteiger partial charge is 0.480 e. The maximum atomic E-state index is 12.5. The van der Waals surface area contributed by atoms with Crippen LogP contribution in [0.3, 0.4) is 0 Å². The third kappa shape index (κ3) is 4.91. The predicted octanol–water partition coefficient (Wildman–Crippen LogP) is 1.78. The Bertz CT molecular complexity index is 401. The summed E-state index contributed by atoms with van der Waals surface area (Å²) in [7, 11) is 0. The Balaban J connectivity index is 1.95. The lowest BCUT2D eigenvalue weighted by Gasteiger charge is -2.43. The second kappa shape index (κ2) is 8.64. The highest BCUT2D eigenvalue weighted by molar-refractivity contribution is 5.84. The first-order valence-corrected chi connectivity index (χ1v) is 8.92. The van der Waals surface area contributed by atoms with E-state index in [-0.39, 0.29) is 11.4 Å². The van der Waals surface area contributed by atoms with E-state index < -0.39 is 12.0 Å². The number of carbonyl (C=O) groups excluding carboxylic acids is 1. The summed E-state index contributed by atoms with van der Waals surface area (Å²) in [5.74, 6) is -1.06. The van der Waals surface area contributed by atoms with Crippen molar-refractivity contribution >= 4 is 11.9 Å². The number of hydrogen-bond acceptors (Lipinski definition) is 4. The normalized spacial score (nSPS) is 22.7. The van der Waals surface area contributed by atoms with E-state index in [4.69, 9.17) is 4.74 Å². The van der Waals surface area contributed by atoms with Gasteiger partial charge in [0.15, 0.2) is 0 Å². The van der Waals surface area contributed by atoms with Crippen LogP contribution in [0.4, 0.5) is 0 Å². The Morgan fingerprint density at radius 3 is 2.48 bits per heavy atom. The van der Waals surface area contributed by atoms with Crippen LogP contribution in [0.5, 0.6) is 0 Å². The van der Waals surface area contributed by atoms with Crippen LogP contribution in [0.15, 0.2) is 0 Å². The van der Waals surface area contributed by atoms with Gasteiger partial charge in [-0.1, -0.05) is 32.6 Å². The molecule has 0 aromatic rings. The fourth-order valence-corrected chi connectivity index (χ4v) is 3.89. The van der Waals surface area contributed by atoms with E-state index in [1.165, 1.54) is 0 Å². The second-order valence-corrected chi connectivity index (χ2v) is 6.81. The molecule has 0 spiro atoms. The van der Waals surface area contributed by atoms with E-state index in [1.807, 2.05) is 6.92 Å². The highest BCUT2D eigenvalue weighted by Crippen LogP contribution is 2.38. The molecule has 23 heavy (non-hydrogen) atoms. The number of ether oxygens (including phenoxy) is 1. The zero-order valence-electron chi connectivity index (χ0n) is 14.2. The monoisotopic (exact) mass is 326 g/mol. The molecule has 1 saturated carbocycles. The van der Waals surface area contributed by atoms with E-state index in [1.54, 1.807) is 0 Å². The summed E-state index contributed by atoms with van der Waals surface area (Å²) in [6, 6.07) is -0.759. The van der Waals surface area contributed by atoms with Crippen molar-refractivity contribution < 1.29 is 19.4 Å². The van der Waals surface area contributed by atoms with Gasteiger partial charge in [0.05, 0.1) is 13.2 Å². The van der Waals surface area contributed by atoms with Gasteiger partial charge in [-0.25, -0.2) is 4.79 Å². The molecule has 2 rings (SSSR count). The average molecular weight is 326 g/mol. The van der Waals surface area contributed by atoms with E-state index in [0.29, 0.717) is 12.8 Å². The van der Waals surface area contributed by atoms with Gasteiger partial charge in [0.2, 0.25) is 5.91 Å². The minimum absolute atomic E-state index is 0.0956. The number of rotatable bonds is 8. The number of nitrogens with zero attached hydrogens (tertiary/aromatic N) is 1. The summed E-state index contributed by atoms with van der Waals surface area (Å²) in [5, 5.41) is 12.0. The minimum Gasteiger partial charge on any atom is -0.480 e. The quantitative estimate of drug-likeness (QED) is 0.711. The van der Waals surface area contributed by atoms with Crippen LogP contribution in [0.25, 0.3) is 0 Å². The molecular formula is C17H30N2O4. The standard InChI is InChI=1S/C17H30N2O4/c1-2-3-6-14(16(21)22)18-15(20)13-17(7-4-5-8-17)19-9-11-23-12-10-19/h14H,2-13H2,1H3,(H,18,20)(H,21,22)/t14-/m0/s1. The number of unbranched alkanes of at least 4 members (excludes halogenated alkanes) is 1. The molecular weight excluding hydrogens is 296 g/mol. The van der Waals surface area contributed by atoms with Gasteiger partial charge < -0.3 is 15.2 Å². The molecule has 0 unspecified atom stereocenters. The Morgan fingerprint density at radius 1 is 1.26 bits per heavy atom. The van der Waals surface area contributed by atoms with E-state index in [0.717, 1.165) is 64.8 Å². The smallest absolute Gasteiger partial charge is 0.326 e. The molecule has 2 N–H and O–H groups in total. The van der Waals surface area contributed by atoms with Crippen molar-refractivity contribution in [3.8, 4) is 0 Å². The molecule has 1 heterocycles. The molecule has 0 bridgehead atoms. The first kappa shape index (κ1) is 18.2. The first-order valence-electron chi connectivity index (χ1n) is 8.92. The molecule has 1 aliphatic heterocycles. The lowest BCUT2D eigenvalue weighted by atomic mass is 9.89. The van der Waals surface area contributed by atoms with Crippen molar-refractivity contribution in [1.29, 1.82) is 0 Å². The van der Waals surface area contributed by atoms with Crippen molar-refractivity contribution in [2.45, 2.75) is 69.9 Å². The lowest BCUT2D eigenvalue weighted by molar-refractivity contribution is -0.142. The minimum atomic E-state index is -0.932. The number of hydrogen-bond donors (Lipinski definition) is 2. The third-order valence-electron chi connectivity index (χ3n) is 5.19. The number of carboxylic acid groups (broad SMARTS) is 1. The number of morpholine rings is 1. The Hall–Kier alpha value is -1.14. The van der Waals surface area contributed by atoms with Gasteiger partial charge in [0.1, 0.15) is 6.04 Å². The topological polar surface area (TPSA) is 78.9 Å². The SMILES string of the molecule is CCCC[C@H](NC(=O)CC1(N2CCOCC2)CCCC1)C(=O)O. The molecule has 1 aliphatic carbocycles. The van der Waals surface area contributed by atoms with Gasteiger partial charge in [0.25, 0.3) is 0 Å². The van der Waals surface area contributed by atoms with Crippen molar-refractivity contribution in [2.75, 3.05) is 26.3 Å². The molecule has 6 nitrogen and oxygen atoms in total. The molecule has 1 amide bonds. The highest BCUT2D eigenvalue weighted by Gasteiger charge is 2.42. The summed E-state index contributed by atoms with van der Waals surface area (Å²) in [6.45, 7) is 5.19. The van der Waals surface area contributed by atoms with E-state index in [2.05, 4.69) is 10.2 Å². The van der Waals surface area contributed by atoms with Crippen LogP contribution in [-0.4, -0.2) is 59.8 Å². The van der Waals surface area contributed by atoms with Gasteiger partial charge in [-0.15, -0.1) is 0 Å². The van der Waals surface area contributed by atoms with Crippen molar-refractivity contribution in [3.63, 3.8) is 0 Å². The lowest BCUT2D eigenvalue weighted by Crippen LogP contribution is -2.55. The third-order valence-corrected chi connectivity index (χ3v) is 5.19. The summed E-state index contributed by atoms with van der Waals surface area (Å²) >= 11 is 0. The average Bonchev–Trinajstić information content (AvgIpc) is 3.01. The maximum absolute atomic E-state index is 12.5. The second-order valence-electron chi connectivity index (χ2n) is 6.81. The highest BCUT2D eigenvalue weighted by atomic mass is 16.5. The predicted molar refractivity (Wildman–Crippen MR) is 87.3 cm³/mol. The molecule has 0 aromatic carbocycles. The number of carboxylic acids is 1. The van der Waals surface area contributed by atoms with E-state index >= 15 is 0 Å². The van der Waals surface area contributed by atoms with Crippen molar-refractivity contribution in [1.82, 2.24) is 10.2 Å². The molecule has 6 heteroatoms. The van der Waals surface area contributed by atoms with Gasteiger partial charge >= 0.3 is 5.97 Å². The number of nitrogens with one attached hydrogen (secondary N) is 1. The summed E-state index contributed by atoms with van der Waals surface area (Å²) < 4.78 is 5.43. The van der Waals surface area contributed by atoms with Crippen LogP contribution in [-0.2, 0) is 14.3 Å².